The summed E-state index contributed by atoms with van der Waals surface area (Å²) < 4.78 is 35.8. The molecule has 2 heterocycles. The standard InChI is InChI=1S/C24H17Cl2F2N3O2/c1-3-33-24(32)21-22(14-10-11-17(27)16(26)12-14)31(19-9-5-7-15(25)20(19)28)23(30-21)18-8-4-6-13(2)29-18/h4-12H,3H2,1-2H3. The molecule has 0 radical (unpaired) electrons. The van der Waals surface area contributed by atoms with Crippen LogP contribution in [0, 0.1) is 18.6 Å². The molecule has 5 nitrogen and oxygen atoms in total. The Morgan fingerprint density at radius 1 is 1.03 bits per heavy atom. The van der Waals surface area contributed by atoms with E-state index in [-0.39, 0.29) is 39.6 Å². The molecule has 2 aromatic carbocycles. The molecule has 0 aliphatic carbocycles. The summed E-state index contributed by atoms with van der Waals surface area (Å²) >= 11 is 12.1. The van der Waals surface area contributed by atoms with Crippen LogP contribution in [0.2, 0.25) is 10.0 Å². The van der Waals surface area contributed by atoms with Crippen LogP contribution in [0.1, 0.15) is 23.1 Å². The van der Waals surface area contributed by atoms with Crippen LogP contribution in [0.25, 0.3) is 28.5 Å². The highest BCUT2D eigenvalue weighted by Gasteiger charge is 2.29. The molecule has 0 amide bonds. The third-order valence-electron chi connectivity index (χ3n) is 4.83. The van der Waals surface area contributed by atoms with Gasteiger partial charge in [-0.25, -0.2) is 23.5 Å². The molecule has 33 heavy (non-hydrogen) atoms. The zero-order valence-electron chi connectivity index (χ0n) is 17.6. The molecule has 4 rings (SSSR count). The fourth-order valence-corrected chi connectivity index (χ4v) is 3.76. The first-order chi connectivity index (χ1) is 15.8. The van der Waals surface area contributed by atoms with Crippen molar-refractivity contribution >= 4 is 29.2 Å². The highest BCUT2D eigenvalue weighted by Crippen LogP contribution is 2.36. The predicted octanol–water partition coefficient (Wildman–Crippen LogP) is 6.67. The number of hydrogen-bond acceptors (Lipinski definition) is 4. The number of rotatable bonds is 5. The molecular weight excluding hydrogens is 471 g/mol. The zero-order valence-corrected chi connectivity index (χ0v) is 19.1. The second-order valence-electron chi connectivity index (χ2n) is 7.05. The third-order valence-corrected chi connectivity index (χ3v) is 5.41. The van der Waals surface area contributed by atoms with E-state index in [0.717, 1.165) is 6.07 Å². The summed E-state index contributed by atoms with van der Waals surface area (Å²) in [4.78, 5) is 21.9. The number of ether oxygens (including phenoxy) is 1. The van der Waals surface area contributed by atoms with Gasteiger partial charge in [-0.3, -0.25) is 4.57 Å². The number of nitrogens with zero attached hydrogens (tertiary/aromatic N) is 3. The van der Waals surface area contributed by atoms with Gasteiger partial charge in [-0.15, -0.1) is 0 Å². The lowest BCUT2D eigenvalue weighted by Gasteiger charge is -2.15. The number of halogens is 4. The third kappa shape index (κ3) is 4.34. The Labute approximate surface area is 198 Å². The van der Waals surface area contributed by atoms with E-state index in [2.05, 4.69) is 9.97 Å². The van der Waals surface area contributed by atoms with Crippen LogP contribution in [0.15, 0.2) is 54.6 Å². The average molecular weight is 488 g/mol. The molecule has 0 atom stereocenters. The lowest BCUT2D eigenvalue weighted by Crippen LogP contribution is -2.08. The minimum atomic E-state index is -0.733. The van der Waals surface area contributed by atoms with Gasteiger partial charge in [0.15, 0.2) is 17.3 Å². The van der Waals surface area contributed by atoms with Gasteiger partial charge in [-0.05, 0) is 56.3 Å². The van der Waals surface area contributed by atoms with Crippen molar-refractivity contribution in [3.05, 3.63) is 87.7 Å². The van der Waals surface area contributed by atoms with Crippen LogP contribution >= 0.6 is 23.2 Å². The molecule has 0 saturated heterocycles. The predicted molar refractivity (Wildman–Crippen MR) is 123 cm³/mol. The van der Waals surface area contributed by atoms with Gasteiger partial charge in [0.2, 0.25) is 0 Å². The second kappa shape index (κ2) is 9.29. The Bertz CT molecular complexity index is 1370. The maximum atomic E-state index is 15.3. The highest BCUT2D eigenvalue weighted by atomic mass is 35.5. The summed E-state index contributed by atoms with van der Waals surface area (Å²) in [7, 11) is 0. The molecule has 0 fully saturated rings. The number of benzene rings is 2. The van der Waals surface area contributed by atoms with E-state index in [9.17, 15) is 9.18 Å². The summed E-state index contributed by atoms with van der Waals surface area (Å²) in [5.41, 5.74) is 1.50. The average Bonchev–Trinajstić information content (AvgIpc) is 3.18. The molecule has 0 unspecified atom stereocenters. The van der Waals surface area contributed by atoms with Crippen molar-refractivity contribution < 1.29 is 18.3 Å². The van der Waals surface area contributed by atoms with Gasteiger partial charge < -0.3 is 4.74 Å². The minimum absolute atomic E-state index is 0.0271. The maximum absolute atomic E-state index is 15.3. The van der Waals surface area contributed by atoms with E-state index in [1.54, 1.807) is 38.1 Å². The first kappa shape index (κ1) is 22.9. The first-order valence-corrected chi connectivity index (χ1v) is 10.7. The Morgan fingerprint density at radius 2 is 1.79 bits per heavy atom. The van der Waals surface area contributed by atoms with Crippen molar-refractivity contribution in [1.29, 1.82) is 0 Å². The zero-order chi connectivity index (χ0) is 23.7. The van der Waals surface area contributed by atoms with Crippen LogP contribution in [-0.4, -0.2) is 27.1 Å². The summed E-state index contributed by atoms with van der Waals surface area (Å²) in [6, 6.07) is 13.6. The van der Waals surface area contributed by atoms with Crippen molar-refractivity contribution in [1.82, 2.24) is 14.5 Å². The molecule has 168 valence electrons. The fraction of sp³-hybridized carbons (Fsp3) is 0.125. The van der Waals surface area contributed by atoms with Gasteiger partial charge in [0.1, 0.15) is 11.5 Å². The number of imidazole rings is 1. The fourth-order valence-electron chi connectivity index (χ4n) is 3.41. The van der Waals surface area contributed by atoms with Crippen molar-refractivity contribution in [2.24, 2.45) is 0 Å². The first-order valence-electron chi connectivity index (χ1n) is 9.95. The molecule has 9 heteroatoms. The quantitative estimate of drug-likeness (QED) is 0.295. The number of carbonyl (C=O) groups is 1. The molecule has 4 aromatic rings. The Hall–Kier alpha value is -3.29. The Kier molecular flexibility index (Phi) is 6.44. The topological polar surface area (TPSA) is 57.0 Å². The summed E-state index contributed by atoms with van der Waals surface area (Å²) in [5, 5.41) is -0.290. The molecule has 0 aliphatic rings. The number of aryl methyl sites for hydroxylation is 1. The van der Waals surface area contributed by atoms with Crippen LogP contribution < -0.4 is 0 Å². The number of aromatic nitrogens is 3. The monoisotopic (exact) mass is 487 g/mol. The van der Waals surface area contributed by atoms with Crippen LogP contribution in [0.5, 0.6) is 0 Å². The van der Waals surface area contributed by atoms with Crippen molar-refractivity contribution in [3.63, 3.8) is 0 Å². The number of hydrogen-bond donors (Lipinski definition) is 0. The number of pyridine rings is 1. The van der Waals surface area contributed by atoms with E-state index in [1.165, 1.54) is 28.8 Å². The molecular formula is C24H17Cl2F2N3O2. The second-order valence-corrected chi connectivity index (χ2v) is 7.87. The summed E-state index contributed by atoms with van der Waals surface area (Å²) in [6.07, 6.45) is 0. The summed E-state index contributed by atoms with van der Waals surface area (Å²) in [5.74, 6) is -1.92. The van der Waals surface area contributed by atoms with Gasteiger partial charge in [-0.2, -0.15) is 0 Å². The molecule has 0 bridgehead atoms. The van der Waals surface area contributed by atoms with Gasteiger partial charge in [0.05, 0.1) is 28.0 Å². The Balaban J connectivity index is 2.15. The number of carbonyl (C=O) groups excluding carboxylic acids is 1. The lowest BCUT2D eigenvalue weighted by atomic mass is 10.1. The van der Waals surface area contributed by atoms with Crippen molar-refractivity contribution in [2.45, 2.75) is 13.8 Å². The smallest absolute Gasteiger partial charge is 0.359 e. The van der Waals surface area contributed by atoms with Crippen molar-refractivity contribution in [3.8, 4) is 28.5 Å². The molecule has 0 saturated carbocycles. The Morgan fingerprint density at radius 3 is 2.48 bits per heavy atom. The normalized spacial score (nSPS) is 11.0. The SMILES string of the molecule is CCOC(=O)c1nc(-c2cccc(C)n2)n(-c2cccc(Cl)c2F)c1-c1ccc(F)c(Cl)c1. The summed E-state index contributed by atoms with van der Waals surface area (Å²) in [6.45, 7) is 3.55. The van der Waals surface area contributed by atoms with Gasteiger partial charge in [0, 0.05) is 11.3 Å². The molecule has 0 spiro atoms. The van der Waals surface area contributed by atoms with E-state index in [0.29, 0.717) is 17.0 Å². The van der Waals surface area contributed by atoms with Gasteiger partial charge in [-0.1, -0.05) is 35.3 Å². The van der Waals surface area contributed by atoms with Gasteiger partial charge in [0.25, 0.3) is 0 Å². The van der Waals surface area contributed by atoms with E-state index in [4.69, 9.17) is 27.9 Å². The van der Waals surface area contributed by atoms with E-state index in [1.807, 2.05) is 0 Å². The minimum Gasteiger partial charge on any atom is -0.461 e. The molecule has 0 N–H and O–H groups in total. The maximum Gasteiger partial charge on any atom is 0.359 e. The lowest BCUT2D eigenvalue weighted by molar-refractivity contribution is 0.0521. The van der Waals surface area contributed by atoms with Crippen LogP contribution in [0.4, 0.5) is 8.78 Å². The number of esters is 1. The van der Waals surface area contributed by atoms with Crippen LogP contribution in [0.3, 0.4) is 0 Å². The van der Waals surface area contributed by atoms with Crippen LogP contribution in [-0.2, 0) is 4.74 Å². The largest absolute Gasteiger partial charge is 0.461 e. The van der Waals surface area contributed by atoms with Gasteiger partial charge >= 0.3 is 5.97 Å². The molecule has 0 aliphatic heterocycles. The van der Waals surface area contributed by atoms with E-state index < -0.39 is 17.6 Å². The highest BCUT2D eigenvalue weighted by molar-refractivity contribution is 6.31. The van der Waals surface area contributed by atoms with E-state index >= 15 is 4.39 Å². The van der Waals surface area contributed by atoms with Crippen molar-refractivity contribution in [2.75, 3.05) is 6.61 Å². The molecule has 2 aromatic heterocycles.